The van der Waals surface area contributed by atoms with Gasteiger partial charge in [-0.15, -0.1) is 0 Å². The Morgan fingerprint density at radius 2 is 1.75 bits per heavy atom. The van der Waals surface area contributed by atoms with E-state index in [1.165, 1.54) is 37.0 Å². The number of hydrogen-bond acceptors (Lipinski definition) is 4. The van der Waals surface area contributed by atoms with Crippen LogP contribution in [0.25, 0.3) is 0 Å². The van der Waals surface area contributed by atoms with Gasteiger partial charge in [0.25, 0.3) is 0 Å². The van der Waals surface area contributed by atoms with Crippen molar-refractivity contribution in [2.45, 2.75) is 49.7 Å². The lowest BCUT2D eigenvalue weighted by Crippen LogP contribution is -2.70. The summed E-state index contributed by atoms with van der Waals surface area (Å²) in [6, 6.07) is 20.7. The molecule has 5 rings (SSSR count). The smallest absolute Gasteiger partial charge is 0.123 e. The molecule has 0 unspecified atom stereocenters. The van der Waals surface area contributed by atoms with Crippen LogP contribution >= 0.6 is 0 Å². The molecule has 1 saturated carbocycles. The fourth-order valence-electron chi connectivity index (χ4n) is 5.74. The Morgan fingerprint density at radius 3 is 2.44 bits per heavy atom. The second-order valence-electron chi connectivity index (χ2n) is 10.0. The number of piperidine rings is 1. The quantitative estimate of drug-likeness (QED) is 0.681. The molecular weight excluding hydrogens is 399 g/mol. The average molecular weight is 433 g/mol. The highest BCUT2D eigenvalue weighted by Gasteiger charge is 2.48. The van der Waals surface area contributed by atoms with Gasteiger partial charge in [0, 0.05) is 31.6 Å². The predicted octanol–water partition coefficient (Wildman–Crippen LogP) is 4.15. The van der Waals surface area contributed by atoms with Crippen molar-refractivity contribution in [3.8, 4) is 6.07 Å². The number of halogens is 1. The van der Waals surface area contributed by atoms with Gasteiger partial charge in [0.05, 0.1) is 18.0 Å². The molecule has 2 aromatic carbocycles. The van der Waals surface area contributed by atoms with Gasteiger partial charge in [0.1, 0.15) is 5.82 Å². The molecule has 5 heteroatoms. The molecule has 0 bridgehead atoms. The van der Waals surface area contributed by atoms with Gasteiger partial charge in [-0.3, -0.25) is 9.80 Å². The zero-order chi connectivity index (χ0) is 22.0. The van der Waals surface area contributed by atoms with Gasteiger partial charge in [-0.2, -0.15) is 5.26 Å². The predicted molar refractivity (Wildman–Crippen MR) is 125 cm³/mol. The molecule has 1 aliphatic carbocycles. The molecule has 0 amide bonds. The van der Waals surface area contributed by atoms with Crippen LogP contribution in [0.2, 0.25) is 0 Å². The number of hydrogen-bond donors (Lipinski definition) is 1. The van der Waals surface area contributed by atoms with Crippen LogP contribution in [-0.2, 0) is 6.54 Å². The van der Waals surface area contributed by atoms with Crippen LogP contribution in [0.4, 0.5) is 4.39 Å². The van der Waals surface area contributed by atoms with Crippen LogP contribution in [0.1, 0.15) is 42.7 Å². The van der Waals surface area contributed by atoms with Crippen molar-refractivity contribution in [3.63, 3.8) is 0 Å². The molecule has 168 valence electrons. The van der Waals surface area contributed by atoms with Crippen LogP contribution < -0.4 is 5.32 Å². The van der Waals surface area contributed by atoms with Crippen LogP contribution in [0.15, 0.2) is 54.6 Å². The van der Waals surface area contributed by atoms with Gasteiger partial charge < -0.3 is 5.32 Å². The van der Waals surface area contributed by atoms with E-state index in [2.05, 4.69) is 51.5 Å². The molecule has 32 heavy (non-hydrogen) atoms. The number of nitriles is 1. The van der Waals surface area contributed by atoms with Crippen molar-refractivity contribution in [1.29, 1.82) is 5.26 Å². The summed E-state index contributed by atoms with van der Waals surface area (Å²) in [7, 11) is 0. The average Bonchev–Trinajstić information content (AvgIpc) is 3.58. The summed E-state index contributed by atoms with van der Waals surface area (Å²) in [6.45, 7) is 5.99. The van der Waals surface area contributed by atoms with Crippen molar-refractivity contribution in [1.82, 2.24) is 15.1 Å². The Morgan fingerprint density at radius 1 is 1.03 bits per heavy atom. The molecule has 2 aliphatic heterocycles. The lowest BCUT2D eigenvalue weighted by atomic mass is 9.81. The van der Waals surface area contributed by atoms with Gasteiger partial charge >= 0.3 is 0 Å². The second-order valence-corrected chi connectivity index (χ2v) is 10.0. The molecule has 0 aromatic heterocycles. The van der Waals surface area contributed by atoms with Crippen molar-refractivity contribution in [2.75, 3.05) is 32.7 Å². The lowest BCUT2D eigenvalue weighted by molar-refractivity contribution is -0.0698. The third-order valence-electron chi connectivity index (χ3n) is 7.74. The fraction of sp³-hybridized carbons (Fsp3) is 0.519. The molecule has 3 aliphatic rings. The first-order chi connectivity index (χ1) is 15.6. The van der Waals surface area contributed by atoms with Crippen molar-refractivity contribution in [3.05, 3.63) is 71.5 Å². The summed E-state index contributed by atoms with van der Waals surface area (Å²) in [4.78, 5) is 4.97. The number of nitrogens with zero attached hydrogens (tertiary/aromatic N) is 3. The SMILES string of the molecule is N#CCC1(N2CCC(CN[C@@H]3C[C@H]3c3ccccc3)CC2)CN(Cc2ccc(F)cc2)C1. The number of rotatable bonds is 8. The van der Waals surface area contributed by atoms with E-state index in [1.807, 2.05) is 12.1 Å². The minimum atomic E-state index is -0.189. The maximum atomic E-state index is 13.2. The molecule has 4 nitrogen and oxygen atoms in total. The van der Waals surface area contributed by atoms with Crippen LogP contribution in [0, 0.1) is 23.1 Å². The van der Waals surface area contributed by atoms with E-state index in [1.54, 1.807) is 0 Å². The van der Waals surface area contributed by atoms with Gasteiger partial charge in [-0.05, 0) is 68.1 Å². The Bertz CT molecular complexity index is 924. The van der Waals surface area contributed by atoms with E-state index in [9.17, 15) is 9.65 Å². The second kappa shape index (κ2) is 9.31. The van der Waals surface area contributed by atoms with Gasteiger partial charge in [0.15, 0.2) is 0 Å². The summed E-state index contributed by atoms with van der Waals surface area (Å²) in [5.41, 5.74) is 2.60. The number of likely N-dealkylation sites (tertiary alicyclic amines) is 2. The molecule has 2 aromatic rings. The maximum absolute atomic E-state index is 13.2. The van der Waals surface area contributed by atoms with Crippen molar-refractivity contribution < 1.29 is 4.39 Å². The van der Waals surface area contributed by atoms with Crippen molar-refractivity contribution >= 4 is 0 Å². The third-order valence-corrected chi connectivity index (χ3v) is 7.74. The van der Waals surface area contributed by atoms with Crippen molar-refractivity contribution in [2.24, 2.45) is 5.92 Å². The Labute approximate surface area is 191 Å². The molecule has 0 spiro atoms. The fourth-order valence-corrected chi connectivity index (χ4v) is 5.74. The van der Waals surface area contributed by atoms with Crippen LogP contribution in [-0.4, -0.2) is 54.1 Å². The largest absolute Gasteiger partial charge is 0.313 e. The highest BCUT2D eigenvalue weighted by atomic mass is 19.1. The van der Waals surface area contributed by atoms with Gasteiger partial charge in [0.2, 0.25) is 0 Å². The topological polar surface area (TPSA) is 42.3 Å². The standard InChI is InChI=1S/C27H33FN4/c28-24-8-6-22(7-9-24)18-31-19-27(20-31,12-13-29)32-14-10-21(11-15-32)17-30-26-16-25(26)23-4-2-1-3-5-23/h1-9,21,25-26,30H,10-12,14-20H2/t25-,26+/m0/s1. The Hall–Kier alpha value is -2.26. The van der Waals surface area contributed by atoms with E-state index in [0.717, 1.165) is 50.7 Å². The summed E-state index contributed by atoms with van der Waals surface area (Å²) < 4.78 is 13.2. The van der Waals surface area contributed by atoms with E-state index in [-0.39, 0.29) is 11.4 Å². The highest BCUT2D eigenvalue weighted by Crippen LogP contribution is 2.41. The monoisotopic (exact) mass is 432 g/mol. The summed E-state index contributed by atoms with van der Waals surface area (Å²) in [5.74, 6) is 1.24. The molecule has 2 saturated heterocycles. The van der Waals surface area contributed by atoms with E-state index in [4.69, 9.17) is 0 Å². The van der Waals surface area contributed by atoms with Crippen LogP contribution in [0.3, 0.4) is 0 Å². The first-order valence-electron chi connectivity index (χ1n) is 12.0. The molecule has 2 atom stereocenters. The molecule has 1 N–H and O–H groups in total. The first kappa shape index (κ1) is 21.6. The lowest BCUT2D eigenvalue weighted by Gasteiger charge is -2.56. The van der Waals surface area contributed by atoms with Gasteiger partial charge in [-0.25, -0.2) is 4.39 Å². The summed E-state index contributed by atoms with van der Waals surface area (Å²) in [5, 5.41) is 13.3. The minimum absolute atomic E-state index is 0.00206. The molecule has 0 radical (unpaired) electrons. The maximum Gasteiger partial charge on any atom is 0.123 e. The molecule has 2 heterocycles. The minimum Gasteiger partial charge on any atom is -0.313 e. The van der Waals surface area contributed by atoms with E-state index < -0.39 is 0 Å². The number of nitrogens with one attached hydrogen (secondary N) is 1. The van der Waals surface area contributed by atoms with Gasteiger partial charge in [-0.1, -0.05) is 42.5 Å². The van der Waals surface area contributed by atoms with E-state index >= 15 is 0 Å². The van der Waals surface area contributed by atoms with E-state index in [0.29, 0.717) is 18.4 Å². The summed E-state index contributed by atoms with van der Waals surface area (Å²) >= 11 is 0. The normalized spacial score (nSPS) is 25.8. The third kappa shape index (κ3) is 4.73. The number of benzene rings is 2. The zero-order valence-electron chi connectivity index (χ0n) is 18.7. The summed E-state index contributed by atoms with van der Waals surface area (Å²) in [6.07, 6.45) is 4.27. The Kier molecular flexibility index (Phi) is 6.28. The van der Waals surface area contributed by atoms with Crippen LogP contribution in [0.5, 0.6) is 0 Å². The molecule has 3 fully saturated rings. The Balaban J connectivity index is 1.07. The molecular formula is C27H33FN4. The highest BCUT2D eigenvalue weighted by molar-refractivity contribution is 5.27. The zero-order valence-corrected chi connectivity index (χ0v) is 18.7. The first-order valence-corrected chi connectivity index (χ1v) is 12.0.